The molecule has 0 radical (unpaired) electrons. The van der Waals surface area contributed by atoms with E-state index in [9.17, 15) is 14.4 Å². The third-order valence-corrected chi connectivity index (χ3v) is 5.28. The van der Waals surface area contributed by atoms with Crippen LogP contribution >= 0.6 is 11.6 Å². The van der Waals surface area contributed by atoms with Crippen molar-refractivity contribution < 1.29 is 23.9 Å². The topological polar surface area (TPSA) is 84.9 Å². The lowest BCUT2D eigenvalue weighted by Gasteiger charge is -2.35. The molecule has 150 valence electrons. The first-order valence-electron chi connectivity index (χ1n) is 9.37. The molecule has 1 N–H and O–H groups in total. The van der Waals surface area contributed by atoms with Crippen LogP contribution in [-0.4, -0.2) is 42.5 Å². The first-order valence-corrected chi connectivity index (χ1v) is 9.75. The number of barbiturate groups is 1. The molecule has 0 bridgehead atoms. The van der Waals surface area contributed by atoms with E-state index < -0.39 is 17.8 Å². The van der Waals surface area contributed by atoms with Gasteiger partial charge in [-0.3, -0.25) is 19.8 Å². The van der Waals surface area contributed by atoms with Crippen LogP contribution in [0.5, 0.6) is 11.5 Å². The minimum absolute atomic E-state index is 0.127. The second-order valence-corrected chi connectivity index (χ2v) is 7.15. The second kappa shape index (κ2) is 8.65. The highest BCUT2D eigenvalue weighted by atomic mass is 35.5. The number of hydrogen-bond donors (Lipinski definition) is 1. The Morgan fingerprint density at radius 1 is 1.18 bits per heavy atom. The highest BCUT2D eigenvalue weighted by Crippen LogP contribution is 2.35. The molecule has 4 amide bonds. The fourth-order valence-electron chi connectivity index (χ4n) is 3.59. The van der Waals surface area contributed by atoms with Gasteiger partial charge in [0.05, 0.1) is 18.7 Å². The predicted octanol–water partition coefficient (Wildman–Crippen LogP) is 3.54. The van der Waals surface area contributed by atoms with Crippen LogP contribution in [0.4, 0.5) is 4.79 Å². The van der Waals surface area contributed by atoms with E-state index in [0.717, 1.165) is 32.1 Å². The third-order valence-electron chi connectivity index (χ3n) is 4.96. The normalized spacial score (nSPS) is 19.8. The van der Waals surface area contributed by atoms with Crippen molar-refractivity contribution in [3.63, 3.8) is 0 Å². The summed E-state index contributed by atoms with van der Waals surface area (Å²) in [5.74, 6) is -0.423. The van der Waals surface area contributed by atoms with E-state index in [0.29, 0.717) is 28.7 Å². The molecule has 1 saturated carbocycles. The largest absolute Gasteiger partial charge is 0.493 e. The van der Waals surface area contributed by atoms with Gasteiger partial charge in [0.2, 0.25) is 0 Å². The average Bonchev–Trinajstić information content (AvgIpc) is 2.67. The maximum absolute atomic E-state index is 13.0. The fourth-order valence-corrected chi connectivity index (χ4v) is 3.79. The average molecular weight is 407 g/mol. The summed E-state index contributed by atoms with van der Waals surface area (Å²) < 4.78 is 10.8. The van der Waals surface area contributed by atoms with Crippen LogP contribution in [0.25, 0.3) is 6.08 Å². The minimum atomic E-state index is -0.731. The summed E-state index contributed by atoms with van der Waals surface area (Å²) in [5, 5.41) is 2.57. The van der Waals surface area contributed by atoms with Crippen LogP contribution in [0.1, 0.15) is 44.6 Å². The van der Waals surface area contributed by atoms with E-state index in [2.05, 4.69) is 5.32 Å². The molecular weight excluding hydrogens is 384 g/mol. The summed E-state index contributed by atoms with van der Waals surface area (Å²) in [6.07, 6.45) is 5.88. The predicted molar refractivity (Wildman–Crippen MR) is 104 cm³/mol. The number of carbonyl (C=O) groups excluding carboxylic acids is 3. The molecule has 3 rings (SSSR count). The Kier molecular flexibility index (Phi) is 6.24. The van der Waals surface area contributed by atoms with Crippen molar-refractivity contribution in [1.29, 1.82) is 0 Å². The Bertz CT molecular complexity index is 830. The van der Waals surface area contributed by atoms with Gasteiger partial charge in [0, 0.05) is 12.1 Å². The molecule has 2 fully saturated rings. The molecule has 1 heterocycles. The molecule has 0 atom stereocenters. The molecule has 2 aliphatic rings. The zero-order valence-electron chi connectivity index (χ0n) is 15.9. The lowest BCUT2D eigenvalue weighted by molar-refractivity contribution is -0.132. The van der Waals surface area contributed by atoms with Crippen molar-refractivity contribution in [1.82, 2.24) is 10.2 Å². The summed E-state index contributed by atoms with van der Waals surface area (Å²) in [6, 6.07) is 2.32. The first kappa shape index (κ1) is 20.2. The number of amides is 4. The smallest absolute Gasteiger partial charge is 0.331 e. The van der Waals surface area contributed by atoms with Gasteiger partial charge in [-0.2, -0.15) is 0 Å². The molecule has 1 aromatic rings. The van der Waals surface area contributed by atoms with Crippen molar-refractivity contribution in [2.45, 2.75) is 45.1 Å². The summed E-state index contributed by atoms with van der Waals surface area (Å²) in [6.45, 7) is 2.28. The summed E-state index contributed by atoms with van der Waals surface area (Å²) in [4.78, 5) is 38.8. The zero-order valence-corrected chi connectivity index (χ0v) is 16.7. The number of rotatable bonds is 5. The molecule has 1 saturated heterocycles. The molecule has 0 unspecified atom stereocenters. The summed E-state index contributed by atoms with van der Waals surface area (Å²) >= 11 is 6.32. The van der Waals surface area contributed by atoms with E-state index in [-0.39, 0.29) is 11.6 Å². The van der Waals surface area contributed by atoms with Crippen LogP contribution in [0.2, 0.25) is 5.02 Å². The Morgan fingerprint density at radius 2 is 1.89 bits per heavy atom. The van der Waals surface area contributed by atoms with Gasteiger partial charge in [-0.25, -0.2) is 4.79 Å². The van der Waals surface area contributed by atoms with Gasteiger partial charge in [0.15, 0.2) is 11.5 Å². The number of carbonyl (C=O) groups is 3. The monoisotopic (exact) mass is 406 g/mol. The Morgan fingerprint density at radius 3 is 2.54 bits per heavy atom. The van der Waals surface area contributed by atoms with Gasteiger partial charge in [-0.05, 0) is 37.5 Å². The van der Waals surface area contributed by atoms with E-state index in [1.54, 1.807) is 12.1 Å². The molecule has 0 spiro atoms. The van der Waals surface area contributed by atoms with E-state index in [4.69, 9.17) is 21.1 Å². The first-order chi connectivity index (χ1) is 13.5. The van der Waals surface area contributed by atoms with Crippen LogP contribution in [-0.2, 0) is 9.59 Å². The van der Waals surface area contributed by atoms with E-state index in [1.807, 2.05) is 6.92 Å². The van der Waals surface area contributed by atoms with Crippen LogP contribution < -0.4 is 14.8 Å². The standard InChI is InChI=1S/C20H23ClN2O5/c1-3-28-17-11-15(21)12(10-16(17)27-2)9-14-18(24)22-20(26)23(19(14)25)13-7-5-4-6-8-13/h9-11,13H,3-8H2,1-2H3,(H,22,24,26). The fraction of sp³-hybridized carbons (Fsp3) is 0.450. The van der Waals surface area contributed by atoms with Gasteiger partial charge in [0.1, 0.15) is 5.57 Å². The maximum atomic E-state index is 13.0. The molecule has 1 aliphatic heterocycles. The lowest BCUT2D eigenvalue weighted by atomic mass is 9.93. The minimum Gasteiger partial charge on any atom is -0.493 e. The second-order valence-electron chi connectivity index (χ2n) is 6.74. The molecule has 0 aromatic heterocycles. The molecule has 8 heteroatoms. The summed E-state index contributed by atoms with van der Waals surface area (Å²) in [5.41, 5.74) is 0.302. The van der Waals surface area contributed by atoms with Crippen LogP contribution in [0, 0.1) is 0 Å². The molecule has 1 aromatic carbocycles. The van der Waals surface area contributed by atoms with Crippen molar-refractivity contribution >= 4 is 35.5 Å². The van der Waals surface area contributed by atoms with Gasteiger partial charge in [-0.15, -0.1) is 0 Å². The third kappa shape index (κ3) is 3.99. The number of benzene rings is 1. The van der Waals surface area contributed by atoms with E-state index >= 15 is 0 Å². The van der Waals surface area contributed by atoms with Gasteiger partial charge in [0.25, 0.3) is 11.8 Å². The Balaban J connectivity index is 1.96. The van der Waals surface area contributed by atoms with Crippen molar-refractivity contribution in [3.8, 4) is 11.5 Å². The van der Waals surface area contributed by atoms with Gasteiger partial charge in [-0.1, -0.05) is 30.9 Å². The highest BCUT2D eigenvalue weighted by Gasteiger charge is 2.40. The molecule has 1 aliphatic carbocycles. The molecular formula is C20H23ClN2O5. The lowest BCUT2D eigenvalue weighted by Crippen LogP contribution is -2.58. The highest BCUT2D eigenvalue weighted by molar-refractivity contribution is 6.34. The zero-order chi connectivity index (χ0) is 20.3. The number of nitrogens with one attached hydrogen (secondary N) is 1. The SMILES string of the molecule is CCOc1cc(Cl)c(C=C2C(=O)NC(=O)N(C3CCCCC3)C2=O)cc1OC. The van der Waals surface area contributed by atoms with Gasteiger partial charge >= 0.3 is 6.03 Å². The number of hydrogen-bond acceptors (Lipinski definition) is 5. The van der Waals surface area contributed by atoms with Crippen molar-refractivity contribution in [3.05, 3.63) is 28.3 Å². The quantitative estimate of drug-likeness (QED) is 0.597. The number of nitrogens with zero attached hydrogens (tertiary/aromatic N) is 1. The summed E-state index contributed by atoms with van der Waals surface area (Å²) in [7, 11) is 1.49. The van der Waals surface area contributed by atoms with Crippen molar-refractivity contribution in [2.24, 2.45) is 0 Å². The number of urea groups is 1. The Hall–Kier alpha value is -2.54. The van der Waals surface area contributed by atoms with Crippen molar-refractivity contribution in [2.75, 3.05) is 13.7 Å². The Labute approximate surface area is 168 Å². The number of methoxy groups -OCH3 is 1. The maximum Gasteiger partial charge on any atom is 0.331 e. The molecule has 28 heavy (non-hydrogen) atoms. The number of imide groups is 2. The van der Waals surface area contributed by atoms with Crippen LogP contribution in [0.3, 0.4) is 0 Å². The van der Waals surface area contributed by atoms with Crippen LogP contribution in [0.15, 0.2) is 17.7 Å². The molecule has 7 nitrogen and oxygen atoms in total. The number of halogens is 1. The van der Waals surface area contributed by atoms with Gasteiger partial charge < -0.3 is 9.47 Å². The van der Waals surface area contributed by atoms with E-state index in [1.165, 1.54) is 18.1 Å². The number of ether oxygens (including phenoxy) is 2.